The van der Waals surface area contributed by atoms with Gasteiger partial charge in [-0.2, -0.15) is 0 Å². The molecule has 14 heavy (non-hydrogen) atoms. The number of carbonyl (C=O) groups is 1. The fourth-order valence-corrected chi connectivity index (χ4v) is 2.28. The molecule has 78 valence electrons. The zero-order valence-electron chi connectivity index (χ0n) is 7.61. The van der Waals surface area contributed by atoms with Gasteiger partial charge in [0, 0.05) is 23.9 Å². The lowest BCUT2D eigenvalue weighted by Gasteiger charge is -2.18. The Morgan fingerprint density at radius 2 is 2.43 bits per heavy atom. The van der Waals surface area contributed by atoms with E-state index in [1.54, 1.807) is 0 Å². The highest BCUT2D eigenvalue weighted by Gasteiger charge is 2.21. The third-order valence-electron chi connectivity index (χ3n) is 2.07. The summed E-state index contributed by atoms with van der Waals surface area (Å²) in [7, 11) is 0. The molecule has 0 saturated heterocycles. The van der Waals surface area contributed by atoms with E-state index >= 15 is 0 Å². The topological polar surface area (TPSA) is 62.2 Å². The number of aromatic nitrogens is 1. The van der Waals surface area contributed by atoms with Gasteiger partial charge in [0.2, 0.25) is 5.01 Å². The summed E-state index contributed by atoms with van der Waals surface area (Å²) < 4.78 is 0. The van der Waals surface area contributed by atoms with Gasteiger partial charge in [-0.1, -0.05) is 0 Å². The molecule has 1 unspecified atom stereocenters. The number of thiazole rings is 1. The van der Waals surface area contributed by atoms with Gasteiger partial charge in [-0.25, -0.2) is 9.78 Å². The number of nitrogens with one attached hydrogen (secondary N) is 1. The molecule has 0 spiro atoms. The fourth-order valence-electron chi connectivity index (χ4n) is 1.40. The molecular weight excluding hydrogens is 224 g/mol. The van der Waals surface area contributed by atoms with E-state index < -0.39 is 5.97 Å². The summed E-state index contributed by atoms with van der Waals surface area (Å²) in [6.07, 6.45) is 0.832. The van der Waals surface area contributed by atoms with E-state index in [1.807, 2.05) is 0 Å². The Kier molecular flexibility index (Phi) is 3.47. The monoisotopic (exact) mass is 234 g/mol. The zero-order valence-corrected chi connectivity index (χ0v) is 9.24. The number of carboxylic acids is 1. The normalized spacial score (nSPS) is 19.6. The molecule has 0 saturated carbocycles. The van der Waals surface area contributed by atoms with Gasteiger partial charge in [0.05, 0.1) is 5.69 Å². The van der Waals surface area contributed by atoms with Crippen molar-refractivity contribution in [1.82, 2.24) is 10.3 Å². The predicted molar refractivity (Wildman–Crippen MR) is 56.3 cm³/mol. The molecule has 0 aliphatic carbocycles. The maximum atomic E-state index is 10.6. The number of fused-ring (bicyclic) bond motifs is 1. The lowest BCUT2D eigenvalue weighted by Crippen LogP contribution is -2.32. The van der Waals surface area contributed by atoms with Crippen LogP contribution < -0.4 is 5.32 Å². The molecule has 6 heteroatoms. The molecule has 1 aromatic rings. The highest BCUT2D eigenvalue weighted by Crippen LogP contribution is 2.23. The van der Waals surface area contributed by atoms with Crippen molar-refractivity contribution in [2.75, 3.05) is 0 Å². The van der Waals surface area contributed by atoms with Crippen LogP contribution in [0.25, 0.3) is 0 Å². The van der Waals surface area contributed by atoms with E-state index in [0.29, 0.717) is 6.04 Å². The minimum Gasteiger partial charge on any atom is -0.476 e. The Morgan fingerprint density at radius 3 is 3.07 bits per heavy atom. The van der Waals surface area contributed by atoms with Crippen LogP contribution in [0.1, 0.15) is 27.3 Å². The van der Waals surface area contributed by atoms with Gasteiger partial charge in [-0.05, 0) is 6.92 Å². The Hall–Kier alpha value is -0.650. The van der Waals surface area contributed by atoms with E-state index in [-0.39, 0.29) is 17.4 Å². The third kappa shape index (κ3) is 2.05. The van der Waals surface area contributed by atoms with E-state index in [4.69, 9.17) is 5.11 Å². The zero-order chi connectivity index (χ0) is 9.42. The van der Waals surface area contributed by atoms with Gasteiger partial charge in [0.1, 0.15) is 0 Å². The first-order chi connectivity index (χ1) is 6.16. The average Bonchev–Trinajstić information content (AvgIpc) is 2.46. The summed E-state index contributed by atoms with van der Waals surface area (Å²) in [6.45, 7) is 2.82. The molecule has 0 fully saturated rings. The first kappa shape index (κ1) is 11.4. The first-order valence-electron chi connectivity index (χ1n) is 4.12. The molecule has 0 amide bonds. The van der Waals surface area contributed by atoms with Gasteiger partial charge >= 0.3 is 5.97 Å². The summed E-state index contributed by atoms with van der Waals surface area (Å²) in [5.74, 6) is -0.924. The lowest BCUT2D eigenvalue weighted by atomic mass is 10.1. The first-order valence-corrected chi connectivity index (χ1v) is 4.93. The molecule has 1 aromatic heterocycles. The predicted octanol–water partition coefficient (Wildman–Crippen LogP) is 1.30. The Morgan fingerprint density at radius 1 is 1.71 bits per heavy atom. The standard InChI is InChI=1S/C8H10N2O2S.ClH/c1-4-2-5-6(3-9-4)13-7(10-5)8(11)12;/h4,9H,2-3H2,1H3,(H,11,12);1H. The van der Waals surface area contributed by atoms with Crippen molar-refractivity contribution in [3.05, 3.63) is 15.6 Å². The number of hydrogen-bond donors (Lipinski definition) is 2. The molecule has 2 heterocycles. The summed E-state index contributed by atoms with van der Waals surface area (Å²) >= 11 is 1.27. The highest BCUT2D eigenvalue weighted by atomic mass is 35.5. The SMILES string of the molecule is CC1Cc2nc(C(=O)O)sc2CN1.Cl. The fraction of sp³-hybridized carbons (Fsp3) is 0.500. The van der Waals surface area contributed by atoms with Crippen molar-refractivity contribution in [2.24, 2.45) is 0 Å². The molecule has 1 aliphatic rings. The van der Waals surface area contributed by atoms with Crippen molar-refractivity contribution in [3.8, 4) is 0 Å². The van der Waals surface area contributed by atoms with Crippen LogP contribution in [-0.2, 0) is 13.0 Å². The largest absolute Gasteiger partial charge is 0.476 e. The Balaban J connectivity index is 0.000000980. The minimum atomic E-state index is -0.924. The second-order valence-electron chi connectivity index (χ2n) is 3.18. The molecule has 0 aromatic carbocycles. The highest BCUT2D eigenvalue weighted by molar-refractivity contribution is 7.13. The maximum Gasteiger partial charge on any atom is 0.365 e. The van der Waals surface area contributed by atoms with E-state index in [1.165, 1.54) is 11.3 Å². The van der Waals surface area contributed by atoms with Crippen LogP contribution in [0.3, 0.4) is 0 Å². The van der Waals surface area contributed by atoms with Crippen LogP contribution >= 0.6 is 23.7 Å². The van der Waals surface area contributed by atoms with Gasteiger partial charge in [-0.15, -0.1) is 23.7 Å². The van der Waals surface area contributed by atoms with Crippen molar-refractivity contribution in [3.63, 3.8) is 0 Å². The second-order valence-corrected chi connectivity index (χ2v) is 4.26. The second kappa shape index (κ2) is 4.25. The Bertz CT molecular complexity index is 353. The van der Waals surface area contributed by atoms with Crippen LogP contribution in [0.15, 0.2) is 0 Å². The van der Waals surface area contributed by atoms with Gasteiger partial charge in [0.15, 0.2) is 0 Å². The molecular formula is C8H11ClN2O2S. The quantitative estimate of drug-likeness (QED) is 0.769. The van der Waals surface area contributed by atoms with Crippen LogP contribution in [0, 0.1) is 0 Å². The van der Waals surface area contributed by atoms with E-state index in [0.717, 1.165) is 23.5 Å². The maximum absolute atomic E-state index is 10.6. The number of hydrogen-bond acceptors (Lipinski definition) is 4. The molecule has 0 radical (unpaired) electrons. The van der Waals surface area contributed by atoms with E-state index in [2.05, 4.69) is 17.2 Å². The smallest absolute Gasteiger partial charge is 0.365 e. The minimum absolute atomic E-state index is 0. The van der Waals surface area contributed by atoms with Crippen molar-refractivity contribution in [2.45, 2.75) is 25.9 Å². The van der Waals surface area contributed by atoms with Gasteiger partial charge in [-0.3, -0.25) is 0 Å². The number of halogens is 1. The van der Waals surface area contributed by atoms with Crippen molar-refractivity contribution < 1.29 is 9.90 Å². The third-order valence-corrected chi connectivity index (χ3v) is 3.16. The van der Waals surface area contributed by atoms with Crippen molar-refractivity contribution >= 4 is 29.7 Å². The molecule has 0 bridgehead atoms. The molecule has 1 aliphatic heterocycles. The van der Waals surface area contributed by atoms with E-state index in [9.17, 15) is 4.79 Å². The lowest BCUT2D eigenvalue weighted by molar-refractivity contribution is 0.0696. The summed E-state index contributed by atoms with van der Waals surface area (Å²) in [4.78, 5) is 15.8. The number of rotatable bonds is 1. The summed E-state index contributed by atoms with van der Waals surface area (Å²) in [5, 5.41) is 12.2. The number of nitrogens with zero attached hydrogens (tertiary/aromatic N) is 1. The molecule has 2 rings (SSSR count). The van der Waals surface area contributed by atoms with Crippen LogP contribution in [0.5, 0.6) is 0 Å². The summed E-state index contributed by atoms with van der Waals surface area (Å²) in [5.41, 5.74) is 0.952. The van der Waals surface area contributed by atoms with Crippen LogP contribution in [0.4, 0.5) is 0 Å². The molecule has 4 nitrogen and oxygen atoms in total. The number of aromatic carboxylic acids is 1. The van der Waals surface area contributed by atoms with Gasteiger partial charge < -0.3 is 10.4 Å². The molecule has 2 N–H and O–H groups in total. The Labute approximate surface area is 91.8 Å². The molecule has 1 atom stereocenters. The van der Waals surface area contributed by atoms with Crippen LogP contribution in [0.2, 0.25) is 0 Å². The van der Waals surface area contributed by atoms with Crippen LogP contribution in [-0.4, -0.2) is 22.1 Å². The van der Waals surface area contributed by atoms with Gasteiger partial charge in [0.25, 0.3) is 0 Å². The number of carboxylic acid groups (broad SMARTS) is 1. The van der Waals surface area contributed by atoms with Crippen molar-refractivity contribution in [1.29, 1.82) is 0 Å². The average molecular weight is 235 g/mol. The summed E-state index contributed by atoms with van der Waals surface area (Å²) in [6, 6.07) is 0.399.